The Morgan fingerprint density at radius 1 is 0.731 bits per heavy atom. The predicted octanol–water partition coefficient (Wildman–Crippen LogP) is 4.43. The van der Waals surface area contributed by atoms with E-state index in [2.05, 4.69) is 0 Å². The van der Waals surface area contributed by atoms with E-state index in [-0.39, 0.29) is 23.0 Å². The average Bonchev–Trinajstić information content (AvgIpc) is 2.99. The highest BCUT2D eigenvalue weighted by molar-refractivity contribution is 6.27. The van der Waals surface area contributed by atoms with Gasteiger partial charge in [0.2, 0.25) is 0 Å². The second-order valence-electron chi connectivity index (χ2n) is 6.28. The Kier molecular flexibility index (Phi) is 2.75. The summed E-state index contributed by atoms with van der Waals surface area (Å²) in [5, 5.41) is 30.4. The van der Waals surface area contributed by atoms with Crippen molar-refractivity contribution in [2.24, 2.45) is 0 Å². The predicted molar refractivity (Wildman–Crippen MR) is 95.5 cm³/mol. The van der Waals surface area contributed by atoms with Gasteiger partial charge in [0.1, 0.15) is 28.6 Å². The summed E-state index contributed by atoms with van der Waals surface area (Å²) in [4.78, 5) is 12.9. The first-order valence-corrected chi connectivity index (χ1v) is 8.00. The molecule has 5 rings (SSSR count). The Balaban J connectivity index is 1.97. The van der Waals surface area contributed by atoms with Crippen molar-refractivity contribution >= 4 is 16.8 Å². The van der Waals surface area contributed by atoms with Gasteiger partial charge in [-0.05, 0) is 36.4 Å². The molecule has 26 heavy (non-hydrogen) atoms. The van der Waals surface area contributed by atoms with E-state index in [1.807, 2.05) is 0 Å². The van der Waals surface area contributed by atoms with Crippen LogP contribution in [-0.4, -0.2) is 21.1 Å². The van der Waals surface area contributed by atoms with Crippen molar-refractivity contribution in [3.8, 4) is 39.7 Å². The van der Waals surface area contributed by atoms with Crippen LogP contribution in [0.25, 0.3) is 33.4 Å². The Hall–Kier alpha value is -3.73. The Labute approximate surface area is 147 Å². The van der Waals surface area contributed by atoms with Crippen molar-refractivity contribution in [2.45, 2.75) is 0 Å². The van der Waals surface area contributed by atoms with E-state index in [0.29, 0.717) is 44.5 Å². The minimum atomic E-state index is -0.239. The van der Waals surface area contributed by atoms with E-state index in [1.54, 1.807) is 30.3 Å². The lowest BCUT2D eigenvalue weighted by Gasteiger charge is -2.16. The fourth-order valence-corrected chi connectivity index (χ4v) is 3.58. The number of carbonyl (C=O) groups is 1. The molecule has 0 saturated heterocycles. The van der Waals surface area contributed by atoms with E-state index in [4.69, 9.17) is 4.42 Å². The largest absolute Gasteiger partial charge is 0.508 e. The van der Waals surface area contributed by atoms with Crippen molar-refractivity contribution in [3.63, 3.8) is 0 Å². The Morgan fingerprint density at radius 2 is 1.50 bits per heavy atom. The number of carbonyl (C=O) groups excluding carboxylic acids is 1. The molecule has 1 aromatic heterocycles. The van der Waals surface area contributed by atoms with Crippen molar-refractivity contribution < 1.29 is 24.5 Å². The van der Waals surface area contributed by atoms with E-state index < -0.39 is 0 Å². The molecule has 1 aliphatic carbocycles. The molecule has 0 atom stereocenters. The first-order valence-electron chi connectivity index (χ1n) is 8.00. The summed E-state index contributed by atoms with van der Waals surface area (Å²) in [5.41, 5.74) is 2.99. The van der Waals surface area contributed by atoms with Gasteiger partial charge in [0.15, 0.2) is 5.78 Å². The molecule has 3 aromatic carbocycles. The van der Waals surface area contributed by atoms with Gasteiger partial charge in [0.25, 0.3) is 0 Å². The summed E-state index contributed by atoms with van der Waals surface area (Å²) in [5.74, 6) is 0.279. The Morgan fingerprint density at radius 3 is 2.31 bits per heavy atom. The van der Waals surface area contributed by atoms with Crippen LogP contribution in [-0.2, 0) is 0 Å². The van der Waals surface area contributed by atoms with Crippen LogP contribution in [0.2, 0.25) is 0 Å². The standard InChI is InChI=1S/C21H12O5/c22-11-3-1-2-10(6-11)21-19-15-7-12(23)4-5-14(15)20(25)16-8-13(24)9-17(26-21)18(16)19/h1-9,22-24H. The van der Waals surface area contributed by atoms with Crippen LogP contribution in [0.15, 0.2) is 59.0 Å². The zero-order chi connectivity index (χ0) is 18.0. The summed E-state index contributed by atoms with van der Waals surface area (Å²) in [7, 11) is 0. The third-order valence-electron chi connectivity index (χ3n) is 4.65. The summed E-state index contributed by atoms with van der Waals surface area (Å²) in [6, 6.07) is 14.0. The number of ketones is 1. The zero-order valence-electron chi connectivity index (χ0n) is 13.4. The van der Waals surface area contributed by atoms with Gasteiger partial charge in [0.05, 0.1) is 0 Å². The molecule has 1 heterocycles. The molecule has 5 nitrogen and oxygen atoms in total. The third kappa shape index (κ3) is 1.88. The topological polar surface area (TPSA) is 90.9 Å². The van der Waals surface area contributed by atoms with Crippen LogP contribution in [0.1, 0.15) is 15.9 Å². The normalized spacial score (nSPS) is 12.4. The maximum absolute atomic E-state index is 12.9. The number of phenolic OH excluding ortho intramolecular Hbond substituents is 3. The van der Waals surface area contributed by atoms with Crippen molar-refractivity contribution in [1.82, 2.24) is 0 Å². The minimum Gasteiger partial charge on any atom is -0.508 e. The molecule has 5 heteroatoms. The van der Waals surface area contributed by atoms with Crippen LogP contribution < -0.4 is 0 Å². The second kappa shape index (κ2) is 4.89. The minimum absolute atomic E-state index is 0.0370. The lowest BCUT2D eigenvalue weighted by atomic mass is 9.83. The van der Waals surface area contributed by atoms with Crippen LogP contribution in [0, 0.1) is 0 Å². The molecule has 3 N–H and O–H groups in total. The number of hydrogen-bond acceptors (Lipinski definition) is 5. The quantitative estimate of drug-likeness (QED) is 0.418. The SMILES string of the molecule is O=C1c2ccc(O)cc2-c2c(-c3cccc(O)c3)oc3cc(O)cc1c23. The smallest absolute Gasteiger partial charge is 0.194 e. The first-order chi connectivity index (χ1) is 12.5. The van der Waals surface area contributed by atoms with E-state index in [1.165, 1.54) is 24.3 Å². The highest BCUT2D eigenvalue weighted by Crippen LogP contribution is 2.49. The second-order valence-corrected chi connectivity index (χ2v) is 6.28. The summed E-state index contributed by atoms with van der Waals surface area (Å²) in [6.07, 6.45) is 0. The van der Waals surface area contributed by atoms with Crippen LogP contribution >= 0.6 is 0 Å². The van der Waals surface area contributed by atoms with Crippen LogP contribution in [0.3, 0.4) is 0 Å². The van der Waals surface area contributed by atoms with Gasteiger partial charge in [0, 0.05) is 39.3 Å². The number of aromatic hydroxyl groups is 3. The maximum Gasteiger partial charge on any atom is 0.194 e. The summed E-state index contributed by atoms with van der Waals surface area (Å²) in [6.45, 7) is 0. The lowest BCUT2D eigenvalue weighted by Crippen LogP contribution is -2.08. The molecular weight excluding hydrogens is 332 g/mol. The molecule has 0 aliphatic heterocycles. The van der Waals surface area contributed by atoms with Gasteiger partial charge in [-0.1, -0.05) is 12.1 Å². The zero-order valence-corrected chi connectivity index (χ0v) is 13.4. The lowest BCUT2D eigenvalue weighted by molar-refractivity contribution is 0.104. The molecule has 0 spiro atoms. The van der Waals surface area contributed by atoms with Gasteiger partial charge in [-0.2, -0.15) is 0 Å². The number of fused-ring (bicyclic) bond motifs is 2. The van der Waals surface area contributed by atoms with Crippen LogP contribution in [0.5, 0.6) is 17.2 Å². The summed E-state index contributed by atoms with van der Waals surface area (Å²) >= 11 is 0. The van der Waals surface area contributed by atoms with Gasteiger partial charge in [-0.3, -0.25) is 4.79 Å². The van der Waals surface area contributed by atoms with Crippen molar-refractivity contribution in [1.29, 1.82) is 0 Å². The molecular formula is C21H12O5. The highest BCUT2D eigenvalue weighted by atomic mass is 16.3. The van der Waals surface area contributed by atoms with Gasteiger partial charge >= 0.3 is 0 Å². The monoisotopic (exact) mass is 344 g/mol. The molecule has 1 aliphatic rings. The average molecular weight is 344 g/mol. The fraction of sp³-hybridized carbons (Fsp3) is 0. The fourth-order valence-electron chi connectivity index (χ4n) is 3.58. The van der Waals surface area contributed by atoms with Gasteiger partial charge in [-0.25, -0.2) is 0 Å². The molecule has 0 unspecified atom stereocenters. The van der Waals surface area contributed by atoms with E-state index in [9.17, 15) is 20.1 Å². The van der Waals surface area contributed by atoms with Crippen LogP contribution in [0.4, 0.5) is 0 Å². The number of hydrogen-bond donors (Lipinski definition) is 3. The number of rotatable bonds is 1. The molecule has 0 amide bonds. The van der Waals surface area contributed by atoms with E-state index >= 15 is 0 Å². The highest BCUT2D eigenvalue weighted by Gasteiger charge is 2.31. The summed E-state index contributed by atoms with van der Waals surface area (Å²) < 4.78 is 5.97. The number of furan rings is 1. The Bertz CT molecular complexity index is 1230. The molecule has 0 bridgehead atoms. The molecule has 126 valence electrons. The molecule has 0 radical (unpaired) electrons. The molecule has 0 saturated carbocycles. The van der Waals surface area contributed by atoms with Gasteiger partial charge < -0.3 is 19.7 Å². The first kappa shape index (κ1) is 14.6. The van der Waals surface area contributed by atoms with Crippen molar-refractivity contribution in [2.75, 3.05) is 0 Å². The third-order valence-corrected chi connectivity index (χ3v) is 4.65. The van der Waals surface area contributed by atoms with E-state index in [0.717, 1.165) is 0 Å². The molecule has 4 aromatic rings. The number of phenols is 3. The molecule has 0 fully saturated rings. The maximum atomic E-state index is 12.9. The van der Waals surface area contributed by atoms with Crippen molar-refractivity contribution in [3.05, 3.63) is 65.7 Å². The van der Waals surface area contributed by atoms with Gasteiger partial charge in [-0.15, -0.1) is 0 Å². The number of benzene rings is 3.